The molecule has 0 saturated carbocycles. The molecule has 0 aliphatic carbocycles. The van der Waals surface area contributed by atoms with Gasteiger partial charge in [0.15, 0.2) is 5.11 Å². The maximum absolute atomic E-state index is 15.4. The van der Waals surface area contributed by atoms with Crippen molar-refractivity contribution in [2.24, 2.45) is 10.8 Å². The quantitative estimate of drug-likeness (QED) is 0.245. The molecular formula is C26H33F4N7S. The van der Waals surface area contributed by atoms with Gasteiger partial charge in [-0.1, -0.05) is 6.07 Å². The van der Waals surface area contributed by atoms with Gasteiger partial charge < -0.3 is 20.4 Å². The molecule has 0 aromatic heterocycles. The first kappa shape index (κ1) is 27.9. The van der Waals surface area contributed by atoms with Crippen LogP contribution in [0.5, 0.6) is 0 Å². The zero-order chi connectivity index (χ0) is 27.4. The van der Waals surface area contributed by atoms with Crippen molar-refractivity contribution in [1.82, 2.24) is 10.3 Å². The van der Waals surface area contributed by atoms with E-state index in [1.54, 1.807) is 6.07 Å². The van der Waals surface area contributed by atoms with Gasteiger partial charge in [0.2, 0.25) is 0 Å². The van der Waals surface area contributed by atoms with Gasteiger partial charge in [-0.05, 0) is 56.4 Å². The molecule has 4 rings (SSSR count). The van der Waals surface area contributed by atoms with Gasteiger partial charge in [0.05, 0.1) is 17.5 Å². The molecule has 38 heavy (non-hydrogen) atoms. The summed E-state index contributed by atoms with van der Waals surface area (Å²) in [7, 11) is 0. The Labute approximate surface area is 225 Å². The number of halogens is 4. The Morgan fingerprint density at radius 3 is 2.16 bits per heavy atom. The minimum absolute atomic E-state index is 0.0177. The molecule has 2 aliphatic rings. The van der Waals surface area contributed by atoms with Crippen LogP contribution in [0.3, 0.4) is 0 Å². The fourth-order valence-electron chi connectivity index (χ4n) is 4.91. The Kier molecular flexibility index (Phi) is 8.61. The van der Waals surface area contributed by atoms with Crippen LogP contribution < -0.4 is 25.9 Å². The fourth-order valence-corrected chi connectivity index (χ4v) is 4.97. The normalized spacial score (nSPS) is 17.5. The first-order valence-electron chi connectivity index (χ1n) is 12.6. The lowest BCUT2D eigenvalue weighted by Crippen LogP contribution is -2.49. The van der Waals surface area contributed by atoms with Crippen LogP contribution in [0, 0.1) is 5.82 Å². The highest BCUT2D eigenvalue weighted by Gasteiger charge is 2.31. The van der Waals surface area contributed by atoms with Crippen molar-refractivity contribution in [1.29, 1.82) is 0 Å². The second-order valence-corrected chi connectivity index (χ2v) is 10.2. The average molecular weight is 552 g/mol. The van der Waals surface area contributed by atoms with Gasteiger partial charge in [-0.3, -0.25) is 10.3 Å². The number of anilines is 3. The van der Waals surface area contributed by atoms with Crippen LogP contribution in [0.4, 0.5) is 34.6 Å². The molecule has 2 aromatic carbocycles. The standard InChI is InChI=1S/C26H33F4N7S/c1-18(2)34-6-10-36(11-7-34)23-16-24(22(27)14-19(23)17-32-33-25(31)38)37-12-8-35(9-13-37)21-5-3-4-20(15-21)26(28,29)30/h3-5,14-18H,6-13H2,1-2H3,(H3,31,33,38)/b32-17+. The summed E-state index contributed by atoms with van der Waals surface area (Å²) in [5, 5.41) is 4.06. The minimum Gasteiger partial charge on any atom is -0.375 e. The number of nitrogens with one attached hydrogen (secondary N) is 1. The molecule has 2 aromatic rings. The van der Waals surface area contributed by atoms with Crippen LogP contribution in [0.2, 0.25) is 0 Å². The molecule has 206 valence electrons. The molecule has 0 amide bonds. The van der Waals surface area contributed by atoms with Crippen LogP contribution in [0.1, 0.15) is 25.0 Å². The highest BCUT2D eigenvalue weighted by Crippen LogP contribution is 2.34. The Morgan fingerprint density at radius 2 is 1.55 bits per heavy atom. The summed E-state index contributed by atoms with van der Waals surface area (Å²) in [6.07, 6.45) is -2.88. The second-order valence-electron chi connectivity index (χ2n) is 9.74. The summed E-state index contributed by atoms with van der Waals surface area (Å²) in [5.74, 6) is -0.390. The maximum Gasteiger partial charge on any atom is 0.416 e. The van der Waals surface area contributed by atoms with E-state index in [0.717, 1.165) is 37.9 Å². The van der Waals surface area contributed by atoms with Crippen molar-refractivity contribution >= 4 is 40.6 Å². The third kappa shape index (κ3) is 6.65. The van der Waals surface area contributed by atoms with Crippen molar-refractivity contribution in [3.63, 3.8) is 0 Å². The lowest BCUT2D eigenvalue weighted by Gasteiger charge is -2.40. The largest absolute Gasteiger partial charge is 0.416 e. The van der Waals surface area contributed by atoms with Crippen LogP contribution in [-0.4, -0.2) is 74.6 Å². The van der Waals surface area contributed by atoms with Crippen molar-refractivity contribution in [3.05, 3.63) is 53.3 Å². The smallest absolute Gasteiger partial charge is 0.375 e. The molecule has 7 nitrogen and oxygen atoms in total. The third-order valence-electron chi connectivity index (χ3n) is 7.02. The Bertz CT molecular complexity index is 1150. The molecule has 0 unspecified atom stereocenters. The Hall–Kier alpha value is -3.12. The lowest BCUT2D eigenvalue weighted by atomic mass is 10.1. The summed E-state index contributed by atoms with van der Waals surface area (Å²) < 4.78 is 54.9. The van der Waals surface area contributed by atoms with E-state index in [2.05, 4.69) is 34.2 Å². The van der Waals surface area contributed by atoms with Gasteiger partial charge in [0.25, 0.3) is 0 Å². The SMILES string of the molecule is CC(C)N1CCN(c2cc(N3CCN(c4cccc(C(F)(F)F)c4)CC3)c(F)cc2/C=N/NC(N)=S)CC1. The summed E-state index contributed by atoms with van der Waals surface area (Å²) in [4.78, 5) is 8.47. The number of hydrogen-bond donors (Lipinski definition) is 2. The number of nitrogens with two attached hydrogens (primary N) is 1. The van der Waals surface area contributed by atoms with E-state index < -0.39 is 11.7 Å². The zero-order valence-electron chi connectivity index (χ0n) is 21.5. The molecule has 2 fully saturated rings. The summed E-state index contributed by atoms with van der Waals surface area (Å²) >= 11 is 4.80. The van der Waals surface area contributed by atoms with Gasteiger partial charge >= 0.3 is 6.18 Å². The van der Waals surface area contributed by atoms with Crippen LogP contribution in [-0.2, 0) is 6.18 Å². The highest BCUT2D eigenvalue weighted by molar-refractivity contribution is 7.80. The van der Waals surface area contributed by atoms with E-state index >= 15 is 4.39 Å². The Morgan fingerprint density at radius 1 is 0.947 bits per heavy atom. The van der Waals surface area contributed by atoms with Crippen molar-refractivity contribution in [3.8, 4) is 0 Å². The van der Waals surface area contributed by atoms with Crippen molar-refractivity contribution < 1.29 is 17.6 Å². The van der Waals surface area contributed by atoms with Gasteiger partial charge in [-0.25, -0.2) is 4.39 Å². The number of hydrogen-bond acceptors (Lipinski definition) is 6. The molecule has 0 bridgehead atoms. The highest BCUT2D eigenvalue weighted by atomic mass is 32.1. The Balaban J connectivity index is 1.54. The second kappa shape index (κ2) is 11.7. The van der Waals surface area contributed by atoms with Gasteiger partial charge in [0.1, 0.15) is 5.82 Å². The van der Waals surface area contributed by atoms with Crippen LogP contribution in [0.25, 0.3) is 0 Å². The zero-order valence-corrected chi connectivity index (χ0v) is 22.3. The molecule has 3 N–H and O–H groups in total. The minimum atomic E-state index is -4.40. The monoisotopic (exact) mass is 551 g/mol. The van der Waals surface area contributed by atoms with E-state index in [0.29, 0.717) is 49.2 Å². The summed E-state index contributed by atoms with van der Waals surface area (Å²) in [6.45, 7) is 9.60. The third-order valence-corrected chi connectivity index (χ3v) is 7.11. The van der Waals surface area contributed by atoms with E-state index in [9.17, 15) is 13.2 Å². The number of rotatable bonds is 6. The summed E-state index contributed by atoms with van der Waals surface area (Å²) in [5.41, 5.74) is 9.76. The first-order valence-corrected chi connectivity index (χ1v) is 13.0. The van der Waals surface area contributed by atoms with E-state index in [1.807, 2.05) is 15.9 Å². The molecule has 2 aliphatic heterocycles. The molecule has 2 saturated heterocycles. The van der Waals surface area contributed by atoms with Crippen molar-refractivity contribution in [2.75, 3.05) is 67.1 Å². The predicted octanol–water partition coefficient (Wildman–Crippen LogP) is 3.87. The molecular weight excluding hydrogens is 518 g/mol. The van der Waals surface area contributed by atoms with Gasteiger partial charge in [-0.15, -0.1) is 0 Å². The van der Waals surface area contributed by atoms with E-state index in [-0.39, 0.29) is 10.9 Å². The molecule has 0 spiro atoms. The summed E-state index contributed by atoms with van der Waals surface area (Å²) in [6, 6.07) is 9.09. The number of piperazine rings is 2. The lowest BCUT2D eigenvalue weighted by molar-refractivity contribution is -0.137. The topological polar surface area (TPSA) is 63.4 Å². The molecule has 0 radical (unpaired) electrons. The van der Waals surface area contributed by atoms with E-state index in [4.69, 9.17) is 18.0 Å². The average Bonchev–Trinajstić information content (AvgIpc) is 2.88. The first-order chi connectivity index (χ1) is 18.0. The number of benzene rings is 2. The molecule has 2 heterocycles. The maximum atomic E-state index is 15.4. The predicted molar refractivity (Wildman–Crippen MR) is 149 cm³/mol. The van der Waals surface area contributed by atoms with E-state index in [1.165, 1.54) is 24.4 Å². The van der Waals surface area contributed by atoms with Crippen LogP contribution >= 0.6 is 12.2 Å². The van der Waals surface area contributed by atoms with Crippen LogP contribution in [0.15, 0.2) is 41.5 Å². The van der Waals surface area contributed by atoms with Gasteiger partial charge in [-0.2, -0.15) is 18.3 Å². The molecule has 0 atom stereocenters. The fraction of sp³-hybridized carbons (Fsp3) is 0.462. The molecule has 12 heteroatoms. The number of hydrazone groups is 1. The van der Waals surface area contributed by atoms with Gasteiger partial charge in [0, 0.05) is 75.3 Å². The number of thiocarbonyl (C=S) groups is 1. The number of nitrogens with zero attached hydrogens (tertiary/aromatic N) is 5. The van der Waals surface area contributed by atoms with Crippen molar-refractivity contribution in [2.45, 2.75) is 26.1 Å². The number of alkyl halides is 3.